The van der Waals surface area contributed by atoms with Crippen LogP contribution in [-0.2, 0) is 10.0 Å². The highest BCUT2D eigenvalue weighted by Gasteiger charge is 2.37. The second kappa shape index (κ2) is 6.76. The molecule has 2 saturated heterocycles. The molecular formula is C15H26N4O2S2. The van der Waals surface area contributed by atoms with Crippen LogP contribution < -0.4 is 0 Å². The molecule has 2 fully saturated rings. The molecule has 0 aliphatic carbocycles. The van der Waals surface area contributed by atoms with E-state index in [1.807, 2.05) is 13.8 Å². The number of sulfonamides is 1. The first-order chi connectivity index (χ1) is 10.9. The fraction of sp³-hybridized carbons (Fsp3) is 0.800. The van der Waals surface area contributed by atoms with Crippen LogP contribution in [0, 0.1) is 13.8 Å². The zero-order chi connectivity index (χ0) is 16.6. The van der Waals surface area contributed by atoms with Crippen molar-refractivity contribution in [1.29, 1.82) is 0 Å². The van der Waals surface area contributed by atoms with E-state index in [4.69, 9.17) is 0 Å². The molecule has 3 heterocycles. The SMILES string of the molecule is CCN1CCN(C2CCN(S(=O)(=O)c3nc(C)c(C)s3)C2)CC1. The molecule has 1 aromatic rings. The molecule has 2 aliphatic heterocycles. The van der Waals surface area contributed by atoms with Gasteiger partial charge >= 0.3 is 0 Å². The molecule has 0 N–H and O–H groups in total. The standard InChI is InChI=1S/C15H26N4O2S2/c1-4-17-7-9-18(10-8-17)14-5-6-19(11-14)23(20,21)15-16-12(2)13(3)22-15/h14H,4-11H2,1-3H3. The topological polar surface area (TPSA) is 56.8 Å². The summed E-state index contributed by atoms with van der Waals surface area (Å²) in [5.41, 5.74) is 0.819. The van der Waals surface area contributed by atoms with E-state index in [2.05, 4.69) is 21.7 Å². The molecule has 0 radical (unpaired) electrons. The van der Waals surface area contributed by atoms with Crippen molar-refractivity contribution >= 4 is 21.4 Å². The molecule has 0 amide bonds. The predicted octanol–water partition coefficient (Wildman–Crippen LogP) is 1.16. The molecular weight excluding hydrogens is 332 g/mol. The normalized spacial score (nSPS) is 25.3. The summed E-state index contributed by atoms with van der Waals surface area (Å²) in [6.45, 7) is 12.6. The van der Waals surface area contributed by atoms with Crippen molar-refractivity contribution in [1.82, 2.24) is 19.1 Å². The Bertz CT molecular complexity index is 631. The Labute approximate surface area is 143 Å². The molecule has 1 atom stereocenters. The quantitative estimate of drug-likeness (QED) is 0.808. The highest BCUT2D eigenvalue weighted by atomic mass is 32.2. The van der Waals surface area contributed by atoms with Gasteiger partial charge in [0.2, 0.25) is 4.34 Å². The Hall–Kier alpha value is -0.540. The third-order valence-electron chi connectivity index (χ3n) is 5.07. The van der Waals surface area contributed by atoms with E-state index in [1.54, 1.807) is 4.31 Å². The number of aryl methyl sites for hydroxylation is 2. The Morgan fingerprint density at radius 3 is 2.43 bits per heavy atom. The summed E-state index contributed by atoms with van der Waals surface area (Å²) < 4.78 is 27.4. The van der Waals surface area contributed by atoms with Crippen LogP contribution in [0.4, 0.5) is 0 Å². The second-order valence-corrected chi connectivity index (χ2v) is 9.71. The number of piperazine rings is 1. The van der Waals surface area contributed by atoms with Gasteiger partial charge in [0.15, 0.2) is 0 Å². The first-order valence-corrected chi connectivity index (χ1v) is 10.6. The zero-order valence-electron chi connectivity index (χ0n) is 14.2. The van der Waals surface area contributed by atoms with Crippen LogP contribution in [0.25, 0.3) is 0 Å². The lowest BCUT2D eigenvalue weighted by atomic mass is 10.2. The minimum atomic E-state index is -3.42. The maximum Gasteiger partial charge on any atom is 0.270 e. The van der Waals surface area contributed by atoms with Gasteiger partial charge in [-0.3, -0.25) is 4.90 Å². The van der Waals surface area contributed by atoms with E-state index in [9.17, 15) is 8.42 Å². The van der Waals surface area contributed by atoms with Crippen LogP contribution in [-0.4, -0.2) is 79.4 Å². The van der Waals surface area contributed by atoms with Crippen molar-refractivity contribution in [3.63, 3.8) is 0 Å². The van der Waals surface area contributed by atoms with Gasteiger partial charge in [-0.05, 0) is 26.8 Å². The molecule has 0 bridgehead atoms. The number of hydrogen-bond acceptors (Lipinski definition) is 6. The second-order valence-electron chi connectivity index (χ2n) is 6.40. The Kier molecular flexibility index (Phi) is 5.08. The monoisotopic (exact) mass is 358 g/mol. The van der Waals surface area contributed by atoms with Gasteiger partial charge in [0, 0.05) is 50.2 Å². The Balaban J connectivity index is 1.65. The predicted molar refractivity (Wildman–Crippen MR) is 92.4 cm³/mol. The lowest BCUT2D eigenvalue weighted by molar-refractivity contribution is 0.104. The summed E-state index contributed by atoms with van der Waals surface area (Å²) in [7, 11) is -3.42. The summed E-state index contributed by atoms with van der Waals surface area (Å²) >= 11 is 1.29. The van der Waals surface area contributed by atoms with E-state index in [-0.39, 0.29) is 4.34 Å². The minimum Gasteiger partial charge on any atom is -0.301 e. The summed E-state index contributed by atoms with van der Waals surface area (Å²) in [5, 5.41) is 0. The number of hydrogen-bond donors (Lipinski definition) is 0. The lowest BCUT2D eigenvalue weighted by Gasteiger charge is -2.37. The summed E-state index contributed by atoms with van der Waals surface area (Å²) in [5.74, 6) is 0. The average molecular weight is 359 g/mol. The third-order valence-corrected chi connectivity index (χ3v) is 8.36. The van der Waals surface area contributed by atoms with Gasteiger partial charge in [-0.15, -0.1) is 11.3 Å². The Morgan fingerprint density at radius 1 is 1.17 bits per heavy atom. The summed E-state index contributed by atoms with van der Waals surface area (Å²) in [6, 6.07) is 0.353. The molecule has 6 nitrogen and oxygen atoms in total. The molecule has 3 rings (SSSR count). The average Bonchev–Trinajstić information content (AvgIpc) is 3.16. The summed E-state index contributed by atoms with van der Waals surface area (Å²) in [6.07, 6.45) is 0.925. The van der Waals surface area contributed by atoms with Crippen LogP contribution in [0.3, 0.4) is 0 Å². The van der Waals surface area contributed by atoms with E-state index in [1.165, 1.54) is 11.3 Å². The van der Waals surface area contributed by atoms with Crippen LogP contribution in [0.2, 0.25) is 0 Å². The summed E-state index contributed by atoms with van der Waals surface area (Å²) in [4.78, 5) is 10.1. The molecule has 23 heavy (non-hydrogen) atoms. The van der Waals surface area contributed by atoms with Crippen LogP contribution >= 0.6 is 11.3 Å². The van der Waals surface area contributed by atoms with Gasteiger partial charge in [0.1, 0.15) is 0 Å². The minimum absolute atomic E-state index is 0.254. The van der Waals surface area contributed by atoms with Gasteiger partial charge in [-0.2, -0.15) is 4.31 Å². The number of rotatable bonds is 4. The van der Waals surface area contributed by atoms with Gasteiger partial charge in [0.25, 0.3) is 10.0 Å². The molecule has 130 valence electrons. The van der Waals surface area contributed by atoms with Gasteiger partial charge in [-0.1, -0.05) is 6.92 Å². The Morgan fingerprint density at radius 2 is 1.87 bits per heavy atom. The maximum atomic E-state index is 12.8. The van der Waals surface area contributed by atoms with Crippen LogP contribution in [0.15, 0.2) is 4.34 Å². The fourth-order valence-electron chi connectivity index (χ4n) is 3.34. The molecule has 2 aliphatic rings. The maximum absolute atomic E-state index is 12.8. The zero-order valence-corrected chi connectivity index (χ0v) is 15.8. The van der Waals surface area contributed by atoms with Crippen molar-refractivity contribution in [2.24, 2.45) is 0 Å². The van der Waals surface area contributed by atoms with E-state index >= 15 is 0 Å². The van der Waals surface area contributed by atoms with Crippen molar-refractivity contribution in [2.45, 2.75) is 37.6 Å². The number of thiazole rings is 1. The van der Waals surface area contributed by atoms with E-state index < -0.39 is 10.0 Å². The van der Waals surface area contributed by atoms with Crippen molar-refractivity contribution in [3.05, 3.63) is 10.6 Å². The first kappa shape index (κ1) is 17.3. The largest absolute Gasteiger partial charge is 0.301 e. The smallest absolute Gasteiger partial charge is 0.270 e. The molecule has 0 aromatic carbocycles. The van der Waals surface area contributed by atoms with Gasteiger partial charge in [-0.25, -0.2) is 13.4 Å². The molecule has 1 unspecified atom stereocenters. The lowest BCUT2D eigenvalue weighted by Crippen LogP contribution is -2.51. The fourth-order valence-corrected chi connectivity index (χ4v) is 6.27. The number of nitrogens with zero attached hydrogens (tertiary/aromatic N) is 4. The van der Waals surface area contributed by atoms with E-state index in [0.29, 0.717) is 19.1 Å². The van der Waals surface area contributed by atoms with Crippen molar-refractivity contribution < 1.29 is 8.42 Å². The molecule has 0 saturated carbocycles. The van der Waals surface area contributed by atoms with Crippen LogP contribution in [0.5, 0.6) is 0 Å². The highest BCUT2D eigenvalue weighted by Crippen LogP contribution is 2.28. The van der Waals surface area contributed by atoms with Crippen molar-refractivity contribution in [3.8, 4) is 0 Å². The van der Waals surface area contributed by atoms with Gasteiger partial charge in [0.05, 0.1) is 5.69 Å². The number of likely N-dealkylation sites (N-methyl/N-ethyl adjacent to an activating group) is 1. The molecule has 8 heteroatoms. The molecule has 1 aromatic heterocycles. The van der Waals surface area contributed by atoms with E-state index in [0.717, 1.165) is 49.7 Å². The van der Waals surface area contributed by atoms with Crippen LogP contribution in [0.1, 0.15) is 23.9 Å². The molecule has 0 spiro atoms. The third kappa shape index (κ3) is 3.46. The first-order valence-electron chi connectivity index (χ1n) is 8.32. The van der Waals surface area contributed by atoms with Crippen molar-refractivity contribution in [2.75, 3.05) is 45.8 Å². The van der Waals surface area contributed by atoms with Gasteiger partial charge < -0.3 is 4.90 Å². The number of aromatic nitrogens is 1. The highest BCUT2D eigenvalue weighted by molar-refractivity contribution is 7.91.